The van der Waals surface area contributed by atoms with Crippen molar-refractivity contribution < 1.29 is 0 Å². The fourth-order valence-electron chi connectivity index (χ4n) is 2.73. The van der Waals surface area contributed by atoms with Crippen LogP contribution in [0.1, 0.15) is 58.9 Å². The van der Waals surface area contributed by atoms with Crippen molar-refractivity contribution in [3.8, 4) is 0 Å². The van der Waals surface area contributed by atoms with Crippen LogP contribution in [0, 0.1) is 5.92 Å². The molecule has 1 nitrogen and oxygen atoms in total. The molecule has 0 spiro atoms. The lowest BCUT2D eigenvalue weighted by molar-refractivity contribution is 0.394. The maximum absolute atomic E-state index is 3.54. The fraction of sp³-hybridized carbons (Fsp3) is 0.667. The molecule has 1 aromatic rings. The minimum Gasteiger partial charge on any atom is -0.308 e. The van der Waals surface area contributed by atoms with Crippen LogP contribution >= 0.6 is 11.8 Å². The van der Waals surface area contributed by atoms with Gasteiger partial charge in [0.25, 0.3) is 0 Å². The molecule has 0 aromatic heterocycles. The summed E-state index contributed by atoms with van der Waals surface area (Å²) < 4.78 is 0. The molecule has 1 fully saturated rings. The quantitative estimate of drug-likeness (QED) is 0.813. The second-order valence-corrected chi connectivity index (χ2v) is 8.63. The normalized spacial score (nSPS) is 23.8. The van der Waals surface area contributed by atoms with Gasteiger partial charge in [0, 0.05) is 22.2 Å². The maximum Gasteiger partial charge on any atom is 0.0210 e. The largest absolute Gasteiger partial charge is 0.308 e. The highest BCUT2D eigenvalue weighted by Gasteiger charge is 2.19. The average molecular weight is 292 g/mol. The Morgan fingerprint density at radius 2 is 1.85 bits per heavy atom. The molecule has 2 heteroatoms. The van der Waals surface area contributed by atoms with Crippen molar-refractivity contribution in [2.75, 3.05) is 0 Å². The molecule has 2 atom stereocenters. The number of rotatable bonds is 4. The van der Waals surface area contributed by atoms with Gasteiger partial charge in [0.05, 0.1) is 0 Å². The standard InChI is InChI=1S/C18H29NS/c1-14-6-5-7-17(12-14)20-16-10-8-15(9-11-16)13-19-18(2,3)4/h8-11,14,17,19H,5-7,12-13H2,1-4H3. The zero-order valence-corrected chi connectivity index (χ0v) is 14.2. The second-order valence-electron chi connectivity index (χ2n) is 7.26. The summed E-state index contributed by atoms with van der Waals surface area (Å²) in [5.41, 5.74) is 1.56. The number of hydrogen-bond donors (Lipinski definition) is 1. The zero-order valence-electron chi connectivity index (χ0n) is 13.4. The van der Waals surface area contributed by atoms with Gasteiger partial charge in [-0.25, -0.2) is 0 Å². The SMILES string of the molecule is CC1CCCC(Sc2ccc(CNC(C)(C)C)cc2)C1. The van der Waals surface area contributed by atoms with Crippen molar-refractivity contribution in [1.29, 1.82) is 0 Å². The van der Waals surface area contributed by atoms with Gasteiger partial charge in [-0.15, -0.1) is 11.8 Å². The van der Waals surface area contributed by atoms with Crippen molar-refractivity contribution in [2.45, 2.75) is 75.6 Å². The van der Waals surface area contributed by atoms with E-state index in [0.29, 0.717) is 0 Å². The summed E-state index contributed by atoms with van der Waals surface area (Å²) in [6.07, 6.45) is 5.61. The molecule has 1 aliphatic carbocycles. The first-order chi connectivity index (χ1) is 9.42. The van der Waals surface area contributed by atoms with Crippen LogP contribution in [0.25, 0.3) is 0 Å². The average Bonchev–Trinajstić information content (AvgIpc) is 2.37. The van der Waals surface area contributed by atoms with E-state index in [9.17, 15) is 0 Å². The number of hydrogen-bond acceptors (Lipinski definition) is 2. The van der Waals surface area contributed by atoms with Crippen LogP contribution in [-0.4, -0.2) is 10.8 Å². The summed E-state index contributed by atoms with van der Waals surface area (Å²) >= 11 is 2.08. The second kappa shape index (κ2) is 7.00. The lowest BCUT2D eigenvalue weighted by Crippen LogP contribution is -2.35. The Kier molecular flexibility index (Phi) is 5.57. The van der Waals surface area contributed by atoms with Gasteiger partial charge >= 0.3 is 0 Å². The Hall–Kier alpha value is -0.470. The summed E-state index contributed by atoms with van der Waals surface area (Å²) in [6, 6.07) is 9.13. The first kappa shape index (κ1) is 15.9. The molecule has 1 aromatic carbocycles. The highest BCUT2D eigenvalue weighted by Crippen LogP contribution is 2.36. The third kappa shape index (κ3) is 5.49. The monoisotopic (exact) mass is 291 g/mol. The van der Waals surface area contributed by atoms with Crippen LogP contribution < -0.4 is 5.32 Å². The summed E-state index contributed by atoms with van der Waals surface area (Å²) in [5.74, 6) is 0.913. The van der Waals surface area contributed by atoms with Gasteiger partial charge in [-0.3, -0.25) is 0 Å². The third-order valence-corrected chi connectivity index (χ3v) is 5.24. The topological polar surface area (TPSA) is 12.0 Å². The first-order valence-electron chi connectivity index (χ1n) is 7.93. The van der Waals surface area contributed by atoms with Crippen LogP contribution in [0.4, 0.5) is 0 Å². The predicted octanol–water partition coefficient (Wildman–Crippen LogP) is 5.25. The van der Waals surface area contributed by atoms with Gasteiger partial charge in [-0.2, -0.15) is 0 Å². The van der Waals surface area contributed by atoms with E-state index in [0.717, 1.165) is 17.7 Å². The van der Waals surface area contributed by atoms with Gasteiger partial charge < -0.3 is 5.32 Å². The van der Waals surface area contributed by atoms with Gasteiger partial charge in [0.2, 0.25) is 0 Å². The van der Waals surface area contributed by atoms with E-state index in [2.05, 4.69) is 69.0 Å². The molecule has 0 saturated heterocycles. The molecule has 0 amide bonds. The lowest BCUT2D eigenvalue weighted by atomic mass is 9.91. The van der Waals surface area contributed by atoms with Crippen molar-refractivity contribution in [1.82, 2.24) is 5.32 Å². The van der Waals surface area contributed by atoms with Crippen LogP contribution in [0.2, 0.25) is 0 Å². The fourth-order valence-corrected chi connectivity index (χ4v) is 4.12. The Morgan fingerprint density at radius 1 is 1.15 bits per heavy atom. The van der Waals surface area contributed by atoms with Crippen LogP contribution in [0.15, 0.2) is 29.2 Å². The lowest BCUT2D eigenvalue weighted by Gasteiger charge is -2.26. The van der Waals surface area contributed by atoms with Gasteiger partial charge in [0.1, 0.15) is 0 Å². The molecule has 2 rings (SSSR count). The highest BCUT2D eigenvalue weighted by molar-refractivity contribution is 8.00. The first-order valence-corrected chi connectivity index (χ1v) is 8.81. The number of benzene rings is 1. The van der Waals surface area contributed by atoms with Crippen LogP contribution in [0.3, 0.4) is 0 Å². The van der Waals surface area contributed by atoms with Crippen molar-refractivity contribution in [3.63, 3.8) is 0 Å². The molecular formula is C18H29NS. The summed E-state index contributed by atoms with van der Waals surface area (Å²) in [6.45, 7) is 9.98. The predicted molar refractivity (Wildman–Crippen MR) is 90.3 cm³/mol. The summed E-state index contributed by atoms with van der Waals surface area (Å²) in [4.78, 5) is 1.43. The highest BCUT2D eigenvalue weighted by atomic mass is 32.2. The maximum atomic E-state index is 3.54. The van der Waals surface area contributed by atoms with E-state index in [1.165, 1.54) is 36.1 Å². The number of nitrogens with one attached hydrogen (secondary N) is 1. The van der Waals surface area contributed by atoms with E-state index in [-0.39, 0.29) is 5.54 Å². The summed E-state index contributed by atoms with van der Waals surface area (Å²) in [7, 11) is 0. The van der Waals surface area contributed by atoms with E-state index in [1.54, 1.807) is 0 Å². The third-order valence-electron chi connectivity index (χ3n) is 3.94. The van der Waals surface area contributed by atoms with E-state index in [1.807, 2.05) is 0 Å². The minimum absolute atomic E-state index is 0.186. The van der Waals surface area contributed by atoms with Crippen molar-refractivity contribution in [3.05, 3.63) is 29.8 Å². The molecule has 1 saturated carbocycles. The minimum atomic E-state index is 0.186. The van der Waals surface area contributed by atoms with Crippen LogP contribution in [-0.2, 0) is 6.54 Å². The van der Waals surface area contributed by atoms with Gasteiger partial charge in [0.15, 0.2) is 0 Å². The molecule has 0 heterocycles. The Balaban J connectivity index is 1.85. The smallest absolute Gasteiger partial charge is 0.0210 e. The Bertz CT molecular complexity index is 404. The van der Waals surface area contributed by atoms with Gasteiger partial charge in [-0.05, 0) is 57.2 Å². The summed E-state index contributed by atoms with van der Waals surface area (Å²) in [5, 5.41) is 4.37. The molecule has 0 bridgehead atoms. The Morgan fingerprint density at radius 3 is 2.45 bits per heavy atom. The van der Waals surface area contributed by atoms with E-state index >= 15 is 0 Å². The molecule has 2 unspecified atom stereocenters. The molecule has 1 N–H and O–H groups in total. The van der Waals surface area contributed by atoms with Crippen molar-refractivity contribution in [2.24, 2.45) is 5.92 Å². The number of thioether (sulfide) groups is 1. The van der Waals surface area contributed by atoms with Gasteiger partial charge in [-0.1, -0.05) is 31.9 Å². The van der Waals surface area contributed by atoms with E-state index in [4.69, 9.17) is 0 Å². The van der Waals surface area contributed by atoms with Crippen LogP contribution in [0.5, 0.6) is 0 Å². The molecule has 0 radical (unpaired) electrons. The molecule has 20 heavy (non-hydrogen) atoms. The zero-order chi connectivity index (χ0) is 14.6. The molecular weight excluding hydrogens is 262 g/mol. The van der Waals surface area contributed by atoms with E-state index < -0.39 is 0 Å². The Labute approximate surface area is 128 Å². The van der Waals surface area contributed by atoms with Crippen molar-refractivity contribution >= 4 is 11.8 Å². The molecule has 112 valence electrons. The molecule has 0 aliphatic heterocycles. The molecule has 1 aliphatic rings.